The van der Waals surface area contributed by atoms with Crippen LogP contribution in [0.4, 0.5) is 5.69 Å². The van der Waals surface area contributed by atoms with Crippen LogP contribution in [0.1, 0.15) is 30.0 Å². The van der Waals surface area contributed by atoms with Crippen LogP contribution in [0.3, 0.4) is 0 Å². The van der Waals surface area contributed by atoms with E-state index >= 15 is 0 Å². The highest BCUT2D eigenvalue weighted by Gasteiger charge is 2.06. The fourth-order valence-corrected chi connectivity index (χ4v) is 2.14. The van der Waals surface area contributed by atoms with Gasteiger partial charge in [-0.1, -0.05) is 5.57 Å². The van der Waals surface area contributed by atoms with Crippen molar-refractivity contribution in [2.24, 2.45) is 0 Å². The van der Waals surface area contributed by atoms with Crippen molar-refractivity contribution in [1.82, 2.24) is 0 Å². The highest BCUT2D eigenvalue weighted by atomic mass is 16.1. The summed E-state index contributed by atoms with van der Waals surface area (Å²) >= 11 is 0. The van der Waals surface area contributed by atoms with Crippen molar-refractivity contribution in [2.45, 2.75) is 33.6 Å². The van der Waals surface area contributed by atoms with Crippen LogP contribution in [-0.4, -0.2) is 20.4 Å². The van der Waals surface area contributed by atoms with Gasteiger partial charge in [0.2, 0.25) is 0 Å². The maximum Gasteiger partial charge on any atom is 0.142 e. The minimum absolute atomic E-state index is 0.865. The first-order valence-electron chi connectivity index (χ1n) is 6.34. The molecule has 0 saturated heterocycles. The quantitative estimate of drug-likeness (QED) is 0.585. The van der Waals surface area contributed by atoms with Crippen LogP contribution in [0, 0.1) is 13.8 Å². The molecule has 1 aromatic rings. The summed E-state index contributed by atoms with van der Waals surface area (Å²) in [5, 5.41) is 0. The third-order valence-corrected chi connectivity index (χ3v) is 3.32. The highest BCUT2D eigenvalue weighted by Crippen LogP contribution is 2.23. The lowest BCUT2D eigenvalue weighted by Gasteiger charge is -2.17. The number of hydrogen-bond acceptors (Lipinski definition) is 2. The second-order valence-corrected chi connectivity index (χ2v) is 5.10. The zero-order valence-electron chi connectivity index (χ0n) is 12.1. The van der Waals surface area contributed by atoms with Crippen LogP contribution in [0.2, 0.25) is 0 Å². The Morgan fingerprint density at radius 3 is 2.22 bits per heavy atom. The molecule has 0 aliphatic heterocycles. The molecule has 0 N–H and O–H groups in total. The van der Waals surface area contributed by atoms with Crippen molar-refractivity contribution in [3.63, 3.8) is 0 Å². The van der Waals surface area contributed by atoms with Gasteiger partial charge in [-0.15, -0.1) is 0 Å². The monoisotopic (exact) mass is 245 g/mol. The number of carbonyl (C=O) groups excluding carboxylic acids is 1. The Bertz CT molecular complexity index is 435. The Morgan fingerprint density at radius 1 is 1.22 bits per heavy atom. The summed E-state index contributed by atoms with van der Waals surface area (Å²) in [6.45, 7) is 6.33. The second kappa shape index (κ2) is 6.39. The van der Waals surface area contributed by atoms with E-state index in [1.807, 2.05) is 6.92 Å². The minimum Gasteiger partial charge on any atom is -0.378 e. The highest BCUT2D eigenvalue weighted by molar-refractivity contribution is 5.65. The zero-order chi connectivity index (χ0) is 13.7. The molecule has 2 nitrogen and oxygen atoms in total. The number of carbonyl (C=O) groups is 1. The molecule has 0 unspecified atom stereocenters. The van der Waals surface area contributed by atoms with Crippen LogP contribution >= 0.6 is 0 Å². The molecular formula is C16H23NO. The molecule has 0 aliphatic carbocycles. The molecule has 0 radical (unpaired) electrons. The van der Waals surface area contributed by atoms with Crippen molar-refractivity contribution in [1.29, 1.82) is 0 Å². The molecule has 18 heavy (non-hydrogen) atoms. The smallest absolute Gasteiger partial charge is 0.142 e. The van der Waals surface area contributed by atoms with Crippen molar-refractivity contribution in [3.8, 4) is 0 Å². The van der Waals surface area contributed by atoms with Crippen LogP contribution in [0.25, 0.3) is 0 Å². The van der Waals surface area contributed by atoms with Gasteiger partial charge in [0.25, 0.3) is 0 Å². The molecule has 0 aromatic heterocycles. The van der Waals surface area contributed by atoms with E-state index in [0.29, 0.717) is 0 Å². The molecule has 0 saturated carbocycles. The molecular weight excluding hydrogens is 222 g/mol. The summed E-state index contributed by atoms with van der Waals surface area (Å²) in [4.78, 5) is 12.5. The van der Waals surface area contributed by atoms with Gasteiger partial charge in [0, 0.05) is 19.8 Å². The summed E-state index contributed by atoms with van der Waals surface area (Å²) in [5.41, 5.74) is 6.45. The summed E-state index contributed by atoms with van der Waals surface area (Å²) in [6.07, 6.45) is 4.46. The Kier molecular flexibility index (Phi) is 5.14. The van der Waals surface area contributed by atoms with E-state index < -0.39 is 0 Å². The van der Waals surface area contributed by atoms with Gasteiger partial charge in [-0.3, -0.25) is 4.79 Å². The molecule has 2 heteroatoms. The predicted molar refractivity (Wildman–Crippen MR) is 78.4 cm³/mol. The van der Waals surface area contributed by atoms with Gasteiger partial charge in [0.05, 0.1) is 0 Å². The third kappa shape index (κ3) is 3.73. The molecule has 0 heterocycles. The van der Waals surface area contributed by atoms with Crippen molar-refractivity contribution >= 4 is 12.0 Å². The number of allylic oxidation sites excluding steroid dienone is 2. The first kappa shape index (κ1) is 14.5. The maximum atomic E-state index is 10.4. The molecule has 0 aliphatic rings. The second-order valence-electron chi connectivity index (χ2n) is 5.10. The van der Waals surface area contributed by atoms with Crippen LogP contribution in [-0.2, 0) is 11.2 Å². The fraction of sp³-hybridized carbons (Fsp3) is 0.438. The largest absolute Gasteiger partial charge is 0.378 e. The van der Waals surface area contributed by atoms with E-state index in [1.165, 1.54) is 22.4 Å². The van der Waals surface area contributed by atoms with Gasteiger partial charge in [0.15, 0.2) is 0 Å². The number of hydrogen-bond donors (Lipinski definition) is 0. The number of benzene rings is 1. The number of rotatable bonds is 5. The first-order valence-corrected chi connectivity index (χ1v) is 6.34. The van der Waals surface area contributed by atoms with Gasteiger partial charge in [0.1, 0.15) is 6.29 Å². The van der Waals surface area contributed by atoms with E-state index in [0.717, 1.165) is 24.7 Å². The Hall–Kier alpha value is -1.57. The lowest BCUT2D eigenvalue weighted by Crippen LogP contribution is -2.10. The third-order valence-electron chi connectivity index (χ3n) is 3.32. The molecule has 0 amide bonds. The van der Waals surface area contributed by atoms with Gasteiger partial charge in [-0.2, -0.15) is 0 Å². The van der Waals surface area contributed by atoms with Gasteiger partial charge in [-0.25, -0.2) is 0 Å². The van der Waals surface area contributed by atoms with Crippen molar-refractivity contribution in [3.05, 3.63) is 40.5 Å². The van der Waals surface area contributed by atoms with E-state index in [-0.39, 0.29) is 0 Å². The minimum atomic E-state index is 0.865. The van der Waals surface area contributed by atoms with Gasteiger partial charge < -0.3 is 4.90 Å². The van der Waals surface area contributed by atoms with E-state index in [9.17, 15) is 4.79 Å². The molecule has 1 rings (SSSR count). The molecule has 0 fully saturated rings. The van der Waals surface area contributed by atoms with Crippen LogP contribution in [0.15, 0.2) is 23.8 Å². The van der Waals surface area contributed by atoms with Gasteiger partial charge in [-0.05, 0) is 68.5 Å². The summed E-state index contributed by atoms with van der Waals surface area (Å²) in [6, 6.07) is 4.45. The number of anilines is 1. The van der Waals surface area contributed by atoms with Crippen LogP contribution in [0.5, 0.6) is 0 Å². The van der Waals surface area contributed by atoms with Crippen molar-refractivity contribution < 1.29 is 4.79 Å². The normalized spacial score (nSPS) is 11.5. The summed E-state index contributed by atoms with van der Waals surface area (Å²) in [5.74, 6) is 0. The fourth-order valence-electron chi connectivity index (χ4n) is 2.14. The summed E-state index contributed by atoms with van der Waals surface area (Å²) < 4.78 is 0. The van der Waals surface area contributed by atoms with Crippen LogP contribution < -0.4 is 4.90 Å². The number of aldehydes is 1. The SMILES string of the molecule is C/C(=C\C=O)CCc1c(C)cc(N(C)C)cc1C. The van der Waals surface area contributed by atoms with E-state index in [1.54, 1.807) is 6.08 Å². The topological polar surface area (TPSA) is 20.3 Å². The zero-order valence-corrected chi connectivity index (χ0v) is 12.1. The van der Waals surface area contributed by atoms with E-state index in [4.69, 9.17) is 0 Å². The maximum absolute atomic E-state index is 10.4. The van der Waals surface area contributed by atoms with Gasteiger partial charge >= 0.3 is 0 Å². The molecule has 0 spiro atoms. The first-order chi connectivity index (χ1) is 8.45. The average molecular weight is 245 g/mol. The standard InChI is InChI=1S/C16H23NO/c1-12(8-9-18)6-7-16-13(2)10-15(17(4)5)11-14(16)3/h8-11H,6-7H2,1-5H3/b12-8+. The molecule has 98 valence electrons. The Balaban J connectivity index is 2.90. The Labute approximate surface area is 110 Å². The van der Waals surface area contributed by atoms with Crippen molar-refractivity contribution in [2.75, 3.05) is 19.0 Å². The predicted octanol–water partition coefficient (Wildman–Crippen LogP) is 3.45. The van der Waals surface area contributed by atoms with E-state index in [2.05, 4.69) is 45.0 Å². The summed E-state index contributed by atoms with van der Waals surface area (Å²) in [7, 11) is 4.12. The number of nitrogens with zero attached hydrogens (tertiary/aromatic N) is 1. The average Bonchev–Trinajstić information content (AvgIpc) is 2.27. The Morgan fingerprint density at radius 2 is 1.78 bits per heavy atom. The lowest BCUT2D eigenvalue weighted by molar-refractivity contribution is -0.104. The molecule has 1 aromatic carbocycles. The molecule has 0 bridgehead atoms. The lowest BCUT2D eigenvalue weighted by atomic mass is 9.95. The number of aryl methyl sites for hydroxylation is 2. The molecule has 0 atom stereocenters.